The summed E-state index contributed by atoms with van der Waals surface area (Å²) in [5, 5.41) is 4.93. The lowest BCUT2D eigenvalue weighted by molar-refractivity contribution is 0.0398. The molecule has 0 atom stereocenters. The SMILES string of the molecule is O=c1[nH]c2ccc(NCCN3CCOCC3)nc2c2ccccc12. The van der Waals surface area contributed by atoms with E-state index in [1.807, 2.05) is 36.4 Å². The zero-order valence-electron chi connectivity index (χ0n) is 13.4. The highest BCUT2D eigenvalue weighted by molar-refractivity contribution is 6.03. The van der Waals surface area contributed by atoms with Crippen molar-refractivity contribution in [3.05, 3.63) is 46.8 Å². The lowest BCUT2D eigenvalue weighted by Gasteiger charge is -2.26. The molecular formula is C18H20N4O2. The molecule has 0 saturated carbocycles. The van der Waals surface area contributed by atoms with Gasteiger partial charge >= 0.3 is 0 Å². The van der Waals surface area contributed by atoms with Gasteiger partial charge in [0.25, 0.3) is 5.56 Å². The maximum atomic E-state index is 12.1. The number of aromatic nitrogens is 2. The molecule has 0 bridgehead atoms. The fraction of sp³-hybridized carbons (Fsp3) is 0.333. The van der Waals surface area contributed by atoms with Crippen LogP contribution >= 0.6 is 0 Å². The summed E-state index contributed by atoms with van der Waals surface area (Å²) in [6.45, 7) is 5.40. The Morgan fingerprint density at radius 3 is 2.75 bits per heavy atom. The molecule has 6 nitrogen and oxygen atoms in total. The smallest absolute Gasteiger partial charge is 0.256 e. The Morgan fingerprint density at radius 2 is 1.92 bits per heavy atom. The number of fused-ring (bicyclic) bond motifs is 3. The van der Waals surface area contributed by atoms with E-state index in [-0.39, 0.29) is 5.56 Å². The van der Waals surface area contributed by atoms with Crippen molar-refractivity contribution in [1.29, 1.82) is 0 Å². The summed E-state index contributed by atoms with van der Waals surface area (Å²) >= 11 is 0. The van der Waals surface area contributed by atoms with Crippen LogP contribution in [-0.2, 0) is 4.74 Å². The van der Waals surface area contributed by atoms with Crippen molar-refractivity contribution in [2.24, 2.45) is 0 Å². The van der Waals surface area contributed by atoms with Gasteiger partial charge < -0.3 is 15.0 Å². The third-order valence-electron chi connectivity index (χ3n) is 4.41. The normalized spacial score (nSPS) is 15.8. The van der Waals surface area contributed by atoms with E-state index in [0.29, 0.717) is 5.39 Å². The molecule has 1 aromatic carbocycles. The Hall–Kier alpha value is -2.44. The van der Waals surface area contributed by atoms with Crippen LogP contribution in [0.15, 0.2) is 41.2 Å². The molecule has 0 spiro atoms. The molecule has 2 N–H and O–H groups in total. The van der Waals surface area contributed by atoms with Crippen LogP contribution in [0.3, 0.4) is 0 Å². The summed E-state index contributed by atoms with van der Waals surface area (Å²) in [5.74, 6) is 0.827. The number of benzene rings is 1. The summed E-state index contributed by atoms with van der Waals surface area (Å²) < 4.78 is 5.36. The Balaban J connectivity index is 1.57. The van der Waals surface area contributed by atoms with Gasteiger partial charge in [-0.3, -0.25) is 9.69 Å². The number of pyridine rings is 2. The zero-order valence-corrected chi connectivity index (χ0v) is 13.4. The van der Waals surface area contributed by atoms with Crippen LogP contribution in [0.4, 0.5) is 5.82 Å². The van der Waals surface area contributed by atoms with Crippen molar-refractivity contribution in [2.75, 3.05) is 44.7 Å². The number of anilines is 1. The summed E-state index contributed by atoms with van der Waals surface area (Å²) in [6.07, 6.45) is 0. The Morgan fingerprint density at radius 1 is 1.12 bits per heavy atom. The predicted octanol–water partition coefficient (Wildman–Crippen LogP) is 1.82. The standard InChI is InChI=1S/C18H20N4O2/c23-18-14-4-2-1-3-13(14)17-15(20-18)5-6-16(21-17)19-7-8-22-9-11-24-12-10-22/h1-6H,7-12H2,(H,19,21)(H,20,23). The van der Waals surface area contributed by atoms with Crippen molar-refractivity contribution >= 4 is 27.6 Å². The summed E-state index contributed by atoms with van der Waals surface area (Å²) in [6, 6.07) is 11.4. The first kappa shape index (κ1) is 15.1. The molecule has 3 aromatic rings. The van der Waals surface area contributed by atoms with Crippen LogP contribution in [0, 0.1) is 0 Å². The molecule has 24 heavy (non-hydrogen) atoms. The Bertz CT molecular complexity index is 916. The molecule has 4 rings (SSSR count). The van der Waals surface area contributed by atoms with Crippen molar-refractivity contribution in [2.45, 2.75) is 0 Å². The number of hydrogen-bond donors (Lipinski definition) is 2. The number of morpholine rings is 1. The molecule has 1 saturated heterocycles. The van der Waals surface area contributed by atoms with E-state index >= 15 is 0 Å². The van der Waals surface area contributed by atoms with Crippen LogP contribution in [-0.4, -0.2) is 54.3 Å². The van der Waals surface area contributed by atoms with E-state index in [1.165, 1.54) is 0 Å². The topological polar surface area (TPSA) is 70.2 Å². The van der Waals surface area contributed by atoms with Gasteiger partial charge in [0, 0.05) is 37.0 Å². The fourth-order valence-corrected chi connectivity index (χ4v) is 3.11. The number of ether oxygens (including phenoxy) is 1. The number of nitrogens with zero attached hydrogens (tertiary/aromatic N) is 2. The molecule has 1 aliphatic heterocycles. The van der Waals surface area contributed by atoms with E-state index in [9.17, 15) is 4.79 Å². The summed E-state index contributed by atoms with van der Waals surface area (Å²) in [4.78, 5) is 22.1. The predicted molar refractivity (Wildman–Crippen MR) is 95.6 cm³/mol. The highest BCUT2D eigenvalue weighted by atomic mass is 16.5. The van der Waals surface area contributed by atoms with Crippen molar-refractivity contribution < 1.29 is 4.74 Å². The van der Waals surface area contributed by atoms with E-state index < -0.39 is 0 Å². The van der Waals surface area contributed by atoms with Crippen LogP contribution in [0.5, 0.6) is 0 Å². The second kappa shape index (κ2) is 6.59. The summed E-state index contributed by atoms with van der Waals surface area (Å²) in [7, 11) is 0. The first-order valence-electron chi connectivity index (χ1n) is 8.27. The van der Waals surface area contributed by atoms with Crippen molar-refractivity contribution in [3.8, 4) is 0 Å². The quantitative estimate of drug-likeness (QED) is 0.717. The first-order chi connectivity index (χ1) is 11.8. The highest BCUT2D eigenvalue weighted by Crippen LogP contribution is 2.20. The molecule has 0 amide bonds. The van der Waals surface area contributed by atoms with Gasteiger partial charge in [-0.2, -0.15) is 0 Å². The average Bonchev–Trinajstić information content (AvgIpc) is 2.63. The van der Waals surface area contributed by atoms with E-state index in [4.69, 9.17) is 9.72 Å². The lowest BCUT2D eigenvalue weighted by atomic mass is 10.1. The zero-order chi connectivity index (χ0) is 16.4. The lowest BCUT2D eigenvalue weighted by Crippen LogP contribution is -2.39. The molecule has 0 radical (unpaired) electrons. The second-order valence-electron chi connectivity index (χ2n) is 5.97. The third-order valence-corrected chi connectivity index (χ3v) is 4.41. The van der Waals surface area contributed by atoms with Gasteiger partial charge in [-0.15, -0.1) is 0 Å². The van der Waals surface area contributed by atoms with Gasteiger partial charge in [-0.1, -0.05) is 18.2 Å². The van der Waals surface area contributed by atoms with Crippen LogP contribution < -0.4 is 10.9 Å². The van der Waals surface area contributed by atoms with Crippen LogP contribution in [0.25, 0.3) is 21.8 Å². The van der Waals surface area contributed by atoms with Gasteiger partial charge in [-0.25, -0.2) is 4.98 Å². The van der Waals surface area contributed by atoms with Crippen LogP contribution in [0.2, 0.25) is 0 Å². The largest absolute Gasteiger partial charge is 0.379 e. The van der Waals surface area contributed by atoms with Crippen LogP contribution in [0.1, 0.15) is 0 Å². The minimum Gasteiger partial charge on any atom is -0.379 e. The molecule has 124 valence electrons. The molecule has 1 fully saturated rings. The molecule has 1 aliphatic rings. The third kappa shape index (κ3) is 2.98. The number of H-pyrrole nitrogens is 1. The molecule has 3 heterocycles. The number of aromatic amines is 1. The van der Waals surface area contributed by atoms with Crippen molar-refractivity contribution in [1.82, 2.24) is 14.9 Å². The van der Waals surface area contributed by atoms with Gasteiger partial charge in [0.15, 0.2) is 0 Å². The summed E-state index contributed by atoms with van der Waals surface area (Å²) in [5.41, 5.74) is 1.51. The minimum atomic E-state index is -0.0760. The first-order valence-corrected chi connectivity index (χ1v) is 8.27. The van der Waals surface area contributed by atoms with Gasteiger partial charge in [-0.05, 0) is 18.2 Å². The van der Waals surface area contributed by atoms with Crippen molar-refractivity contribution in [3.63, 3.8) is 0 Å². The number of rotatable bonds is 4. The second-order valence-corrected chi connectivity index (χ2v) is 5.97. The van der Waals surface area contributed by atoms with Gasteiger partial charge in [0.2, 0.25) is 0 Å². The maximum Gasteiger partial charge on any atom is 0.256 e. The molecule has 2 aromatic heterocycles. The van der Waals surface area contributed by atoms with Gasteiger partial charge in [0.05, 0.1) is 24.2 Å². The van der Waals surface area contributed by atoms with Gasteiger partial charge in [0.1, 0.15) is 5.82 Å². The fourth-order valence-electron chi connectivity index (χ4n) is 3.11. The molecule has 0 unspecified atom stereocenters. The van der Waals surface area contributed by atoms with E-state index in [1.54, 1.807) is 0 Å². The average molecular weight is 324 g/mol. The highest BCUT2D eigenvalue weighted by Gasteiger charge is 2.10. The van der Waals surface area contributed by atoms with E-state index in [0.717, 1.165) is 61.6 Å². The number of nitrogens with one attached hydrogen (secondary N) is 2. The minimum absolute atomic E-state index is 0.0760. The number of hydrogen-bond acceptors (Lipinski definition) is 5. The Labute approximate surface area is 139 Å². The molecule has 0 aliphatic carbocycles. The monoisotopic (exact) mass is 324 g/mol. The Kier molecular flexibility index (Phi) is 4.15. The van der Waals surface area contributed by atoms with E-state index in [2.05, 4.69) is 15.2 Å². The maximum absolute atomic E-state index is 12.1. The molecule has 6 heteroatoms. The molecular weight excluding hydrogens is 304 g/mol.